The van der Waals surface area contributed by atoms with E-state index < -0.39 is 0 Å². The van der Waals surface area contributed by atoms with Crippen LogP contribution in [0.4, 0.5) is 0 Å². The highest BCUT2D eigenvalue weighted by Gasteiger charge is 2.23. The SMILES string of the molecule is OC1CCOC(c2ccc(Br)cc2Cl)C1. The molecule has 2 nitrogen and oxygen atoms in total. The minimum atomic E-state index is -0.275. The summed E-state index contributed by atoms with van der Waals surface area (Å²) in [5.74, 6) is 0. The van der Waals surface area contributed by atoms with Gasteiger partial charge in [-0.15, -0.1) is 0 Å². The van der Waals surface area contributed by atoms with Crippen LogP contribution in [-0.4, -0.2) is 17.8 Å². The standard InChI is InChI=1S/C11H12BrClO2/c12-7-1-2-9(10(13)5-7)11-6-8(14)3-4-15-11/h1-2,5,8,11,14H,3-4,6H2. The van der Waals surface area contributed by atoms with Crippen molar-refractivity contribution in [2.75, 3.05) is 6.61 Å². The molecule has 1 aromatic carbocycles. The predicted molar refractivity (Wildman–Crippen MR) is 63.1 cm³/mol. The first kappa shape index (κ1) is 11.4. The molecule has 0 aromatic heterocycles. The van der Waals surface area contributed by atoms with Gasteiger partial charge in [0.2, 0.25) is 0 Å². The highest BCUT2D eigenvalue weighted by molar-refractivity contribution is 9.10. The lowest BCUT2D eigenvalue weighted by Gasteiger charge is -2.27. The maximum absolute atomic E-state index is 9.55. The summed E-state index contributed by atoms with van der Waals surface area (Å²) in [7, 11) is 0. The van der Waals surface area contributed by atoms with E-state index in [0.29, 0.717) is 24.5 Å². The van der Waals surface area contributed by atoms with E-state index in [4.69, 9.17) is 16.3 Å². The fourth-order valence-electron chi connectivity index (χ4n) is 1.76. The molecule has 2 rings (SSSR count). The summed E-state index contributed by atoms with van der Waals surface area (Å²) in [6.45, 7) is 0.595. The third-order valence-electron chi connectivity index (χ3n) is 2.57. The summed E-state index contributed by atoms with van der Waals surface area (Å²) in [5.41, 5.74) is 0.957. The first-order valence-corrected chi connectivity index (χ1v) is 6.08. The third kappa shape index (κ3) is 2.72. The van der Waals surface area contributed by atoms with Gasteiger partial charge in [0.15, 0.2) is 0 Å². The molecule has 1 aliphatic rings. The second-order valence-electron chi connectivity index (χ2n) is 3.70. The number of halogens is 2. The normalized spacial score (nSPS) is 26.6. The molecule has 1 aliphatic heterocycles. The molecular formula is C11H12BrClO2. The van der Waals surface area contributed by atoms with Crippen LogP contribution in [0.3, 0.4) is 0 Å². The number of aliphatic hydroxyl groups excluding tert-OH is 1. The van der Waals surface area contributed by atoms with E-state index in [1.54, 1.807) is 0 Å². The maximum atomic E-state index is 9.55. The van der Waals surface area contributed by atoms with Crippen molar-refractivity contribution in [3.8, 4) is 0 Å². The third-order valence-corrected chi connectivity index (χ3v) is 3.39. The van der Waals surface area contributed by atoms with Crippen molar-refractivity contribution in [1.82, 2.24) is 0 Å². The van der Waals surface area contributed by atoms with Crippen molar-refractivity contribution in [3.05, 3.63) is 33.3 Å². The Morgan fingerprint density at radius 1 is 1.47 bits per heavy atom. The van der Waals surface area contributed by atoms with E-state index in [1.807, 2.05) is 18.2 Å². The molecule has 0 bridgehead atoms. The van der Waals surface area contributed by atoms with Crippen LogP contribution in [0.2, 0.25) is 5.02 Å². The second-order valence-corrected chi connectivity index (χ2v) is 5.03. The monoisotopic (exact) mass is 290 g/mol. The van der Waals surface area contributed by atoms with Gasteiger partial charge in [-0.25, -0.2) is 0 Å². The number of ether oxygens (including phenoxy) is 1. The van der Waals surface area contributed by atoms with Crippen LogP contribution in [0.1, 0.15) is 24.5 Å². The van der Waals surface area contributed by atoms with Crippen molar-refractivity contribution >= 4 is 27.5 Å². The zero-order valence-electron chi connectivity index (χ0n) is 8.12. The Morgan fingerprint density at radius 2 is 2.27 bits per heavy atom. The molecule has 0 amide bonds. The van der Waals surface area contributed by atoms with E-state index in [2.05, 4.69) is 15.9 Å². The van der Waals surface area contributed by atoms with Crippen molar-refractivity contribution < 1.29 is 9.84 Å². The predicted octanol–water partition coefficient (Wildman–Crippen LogP) is 3.31. The molecule has 2 unspecified atom stereocenters. The summed E-state index contributed by atoms with van der Waals surface area (Å²) >= 11 is 9.48. The van der Waals surface area contributed by atoms with E-state index in [9.17, 15) is 5.11 Å². The zero-order chi connectivity index (χ0) is 10.8. The average molecular weight is 292 g/mol. The van der Waals surface area contributed by atoms with E-state index in [-0.39, 0.29) is 12.2 Å². The maximum Gasteiger partial charge on any atom is 0.0863 e. The Kier molecular flexibility index (Phi) is 3.67. The Labute approximate surface area is 102 Å². The van der Waals surface area contributed by atoms with Crippen molar-refractivity contribution in [1.29, 1.82) is 0 Å². The van der Waals surface area contributed by atoms with Crippen LogP contribution in [0.15, 0.2) is 22.7 Å². The molecule has 1 fully saturated rings. The van der Waals surface area contributed by atoms with Gasteiger partial charge in [0.05, 0.1) is 12.2 Å². The molecule has 0 spiro atoms. The number of hydrogen-bond donors (Lipinski definition) is 1. The number of aliphatic hydroxyl groups is 1. The van der Waals surface area contributed by atoms with E-state index >= 15 is 0 Å². The van der Waals surface area contributed by atoms with E-state index in [0.717, 1.165) is 10.0 Å². The number of rotatable bonds is 1. The van der Waals surface area contributed by atoms with Gasteiger partial charge in [-0.3, -0.25) is 0 Å². The summed E-state index contributed by atoms with van der Waals surface area (Å²) in [6, 6.07) is 5.72. The molecular weight excluding hydrogens is 279 g/mol. The summed E-state index contributed by atoms with van der Waals surface area (Å²) in [4.78, 5) is 0. The minimum Gasteiger partial charge on any atom is -0.393 e. The molecule has 1 saturated heterocycles. The van der Waals surface area contributed by atoms with Crippen LogP contribution in [0, 0.1) is 0 Å². The molecule has 1 heterocycles. The van der Waals surface area contributed by atoms with Gasteiger partial charge < -0.3 is 9.84 Å². The Bertz CT molecular complexity index is 356. The lowest BCUT2D eigenvalue weighted by molar-refractivity contribution is -0.0447. The highest BCUT2D eigenvalue weighted by atomic mass is 79.9. The van der Waals surface area contributed by atoms with Crippen LogP contribution in [0.5, 0.6) is 0 Å². The summed E-state index contributed by atoms with van der Waals surface area (Å²) in [6.07, 6.45) is 0.990. The molecule has 0 radical (unpaired) electrons. The topological polar surface area (TPSA) is 29.5 Å². The fraction of sp³-hybridized carbons (Fsp3) is 0.455. The van der Waals surface area contributed by atoms with Crippen molar-refractivity contribution in [2.45, 2.75) is 25.0 Å². The van der Waals surface area contributed by atoms with Crippen molar-refractivity contribution in [3.63, 3.8) is 0 Å². The quantitative estimate of drug-likeness (QED) is 0.860. The molecule has 0 saturated carbocycles. The molecule has 4 heteroatoms. The zero-order valence-corrected chi connectivity index (χ0v) is 10.5. The van der Waals surface area contributed by atoms with Gasteiger partial charge in [0.1, 0.15) is 0 Å². The van der Waals surface area contributed by atoms with Gasteiger partial charge in [0, 0.05) is 22.5 Å². The Hall–Kier alpha value is -0.0900. The van der Waals surface area contributed by atoms with Crippen molar-refractivity contribution in [2.24, 2.45) is 0 Å². The van der Waals surface area contributed by atoms with E-state index in [1.165, 1.54) is 0 Å². The summed E-state index contributed by atoms with van der Waals surface area (Å²) < 4.78 is 6.55. The van der Waals surface area contributed by atoms with Gasteiger partial charge in [0.25, 0.3) is 0 Å². The minimum absolute atomic E-state index is 0.0747. The lowest BCUT2D eigenvalue weighted by atomic mass is 9.99. The molecule has 82 valence electrons. The molecule has 1 N–H and O–H groups in total. The van der Waals surface area contributed by atoms with Crippen LogP contribution in [0.25, 0.3) is 0 Å². The summed E-state index contributed by atoms with van der Waals surface area (Å²) in [5, 5.41) is 10.2. The van der Waals surface area contributed by atoms with Crippen LogP contribution >= 0.6 is 27.5 Å². The van der Waals surface area contributed by atoms with Gasteiger partial charge >= 0.3 is 0 Å². The van der Waals surface area contributed by atoms with Crippen LogP contribution in [-0.2, 0) is 4.74 Å². The first-order chi connectivity index (χ1) is 7.16. The second kappa shape index (κ2) is 4.83. The van der Waals surface area contributed by atoms with Crippen LogP contribution < -0.4 is 0 Å². The molecule has 1 aromatic rings. The van der Waals surface area contributed by atoms with Gasteiger partial charge in [-0.05, 0) is 24.1 Å². The fourth-order valence-corrected chi connectivity index (χ4v) is 2.55. The smallest absolute Gasteiger partial charge is 0.0863 e. The lowest BCUT2D eigenvalue weighted by Crippen LogP contribution is -2.23. The number of benzene rings is 1. The largest absolute Gasteiger partial charge is 0.393 e. The Balaban J connectivity index is 2.21. The highest BCUT2D eigenvalue weighted by Crippen LogP contribution is 2.33. The number of hydrogen-bond acceptors (Lipinski definition) is 2. The van der Waals surface area contributed by atoms with Gasteiger partial charge in [-0.2, -0.15) is 0 Å². The molecule has 15 heavy (non-hydrogen) atoms. The average Bonchev–Trinajstić information content (AvgIpc) is 2.17. The molecule has 0 aliphatic carbocycles. The van der Waals surface area contributed by atoms with Gasteiger partial charge in [-0.1, -0.05) is 33.6 Å². The Morgan fingerprint density at radius 3 is 2.93 bits per heavy atom. The first-order valence-electron chi connectivity index (χ1n) is 4.91. The molecule has 2 atom stereocenters.